The van der Waals surface area contributed by atoms with E-state index in [-0.39, 0.29) is 29.4 Å². The lowest BCUT2D eigenvalue weighted by molar-refractivity contribution is -0.127. The van der Waals surface area contributed by atoms with Crippen molar-refractivity contribution in [2.24, 2.45) is 0 Å². The molecule has 7 heteroatoms. The fourth-order valence-corrected chi connectivity index (χ4v) is 4.77. The molecule has 3 aromatic rings. The predicted octanol–water partition coefficient (Wildman–Crippen LogP) is 4.13. The highest BCUT2D eigenvalue weighted by atomic mass is 16.5. The minimum atomic E-state index is -0.304. The van der Waals surface area contributed by atoms with Gasteiger partial charge in [-0.25, -0.2) is 4.98 Å². The molecule has 34 heavy (non-hydrogen) atoms. The summed E-state index contributed by atoms with van der Waals surface area (Å²) in [5.41, 5.74) is 2.65. The monoisotopic (exact) mass is 459 g/mol. The Balaban J connectivity index is 1.85. The number of aromatic nitrogens is 3. The fraction of sp³-hybridized carbons (Fsp3) is 0.407. The van der Waals surface area contributed by atoms with E-state index in [4.69, 9.17) is 9.72 Å². The van der Waals surface area contributed by atoms with Crippen LogP contribution in [0.1, 0.15) is 62.4 Å². The van der Waals surface area contributed by atoms with Crippen LogP contribution in [0.3, 0.4) is 0 Å². The van der Waals surface area contributed by atoms with Crippen molar-refractivity contribution in [2.45, 2.75) is 57.2 Å². The molecule has 0 spiro atoms. The number of hydrogen-bond acceptors (Lipinski definition) is 6. The molecule has 7 nitrogen and oxygen atoms in total. The van der Waals surface area contributed by atoms with E-state index in [0.717, 1.165) is 36.2 Å². The molecular weight excluding hydrogens is 426 g/mol. The normalized spacial score (nSPS) is 17.5. The zero-order valence-electron chi connectivity index (χ0n) is 20.3. The number of nitrogens with one attached hydrogen (secondary N) is 1. The van der Waals surface area contributed by atoms with E-state index in [9.17, 15) is 4.79 Å². The summed E-state index contributed by atoms with van der Waals surface area (Å²) in [4.78, 5) is 29.4. The summed E-state index contributed by atoms with van der Waals surface area (Å²) in [6.07, 6.45) is 9.08. The summed E-state index contributed by atoms with van der Waals surface area (Å²) >= 11 is 0. The number of likely N-dealkylation sites (tertiary alicyclic amines) is 1. The highest BCUT2D eigenvalue weighted by Gasteiger charge is 2.42. The number of carbonyl (C=O) groups excluding carboxylic acids is 1. The maximum atomic E-state index is 13.4. The number of carbonyl (C=O) groups is 1. The maximum absolute atomic E-state index is 13.4. The maximum Gasteiger partial charge on any atom is 0.237 e. The molecule has 1 aliphatic heterocycles. The predicted molar refractivity (Wildman–Crippen MR) is 131 cm³/mol. The Morgan fingerprint density at radius 3 is 2.29 bits per heavy atom. The largest absolute Gasteiger partial charge is 0.481 e. The molecule has 2 unspecified atom stereocenters. The molecule has 4 rings (SSSR count). The molecule has 0 aliphatic carbocycles. The van der Waals surface area contributed by atoms with Crippen LogP contribution in [0.25, 0.3) is 0 Å². The van der Waals surface area contributed by atoms with Gasteiger partial charge in [0.05, 0.1) is 24.9 Å². The molecule has 0 radical (unpaired) electrons. The molecule has 2 atom stereocenters. The van der Waals surface area contributed by atoms with E-state index < -0.39 is 0 Å². The second-order valence-electron chi connectivity index (χ2n) is 9.74. The minimum absolute atomic E-state index is 0.0500. The topological polar surface area (TPSA) is 80.2 Å². The molecule has 0 saturated carbocycles. The highest BCUT2D eigenvalue weighted by Crippen LogP contribution is 2.43. The second-order valence-corrected chi connectivity index (χ2v) is 9.74. The summed E-state index contributed by atoms with van der Waals surface area (Å²) in [6.45, 7) is 6.83. The van der Waals surface area contributed by atoms with Gasteiger partial charge >= 0.3 is 0 Å². The Bertz CT molecular complexity index is 1050. The van der Waals surface area contributed by atoms with Gasteiger partial charge in [-0.2, -0.15) is 0 Å². The average Bonchev–Trinajstić information content (AvgIpc) is 3.32. The molecule has 0 bridgehead atoms. The zero-order chi connectivity index (χ0) is 24.1. The van der Waals surface area contributed by atoms with E-state index in [0.29, 0.717) is 5.88 Å². The summed E-state index contributed by atoms with van der Waals surface area (Å²) in [7, 11) is 1.62. The third-order valence-electron chi connectivity index (χ3n) is 6.11. The van der Waals surface area contributed by atoms with Gasteiger partial charge in [-0.1, -0.05) is 18.2 Å². The second kappa shape index (κ2) is 10.3. The first-order chi connectivity index (χ1) is 16.4. The Morgan fingerprint density at radius 2 is 1.74 bits per heavy atom. The summed E-state index contributed by atoms with van der Waals surface area (Å²) in [6, 6.07) is 13.4. The van der Waals surface area contributed by atoms with Gasteiger partial charge in [-0.05, 0) is 69.5 Å². The van der Waals surface area contributed by atoms with Crippen molar-refractivity contribution >= 4 is 5.91 Å². The van der Waals surface area contributed by atoms with E-state index in [1.165, 1.54) is 0 Å². The Kier molecular flexibility index (Phi) is 7.22. The van der Waals surface area contributed by atoms with E-state index in [2.05, 4.69) is 32.3 Å². The van der Waals surface area contributed by atoms with Crippen molar-refractivity contribution in [3.05, 3.63) is 84.1 Å². The first-order valence-corrected chi connectivity index (χ1v) is 11.8. The van der Waals surface area contributed by atoms with Crippen LogP contribution in [-0.4, -0.2) is 51.0 Å². The number of hydrogen-bond donors (Lipinski definition) is 1. The number of nitrogens with zero attached hydrogens (tertiary/aromatic N) is 4. The van der Waals surface area contributed by atoms with Crippen molar-refractivity contribution in [2.75, 3.05) is 13.7 Å². The molecule has 1 saturated heterocycles. The van der Waals surface area contributed by atoms with Gasteiger partial charge in [-0.15, -0.1) is 0 Å². The number of pyridine rings is 3. The van der Waals surface area contributed by atoms with Crippen LogP contribution in [0.2, 0.25) is 0 Å². The first kappa shape index (κ1) is 23.8. The Hall–Kier alpha value is -3.32. The number of rotatable bonds is 7. The molecule has 1 amide bonds. The van der Waals surface area contributed by atoms with E-state index in [1.807, 2.05) is 63.5 Å². The highest BCUT2D eigenvalue weighted by molar-refractivity contribution is 5.82. The summed E-state index contributed by atoms with van der Waals surface area (Å²) in [5.74, 6) is 0.479. The van der Waals surface area contributed by atoms with Crippen LogP contribution in [0, 0.1) is 0 Å². The van der Waals surface area contributed by atoms with Crippen molar-refractivity contribution in [3.8, 4) is 5.88 Å². The molecule has 1 fully saturated rings. The van der Waals surface area contributed by atoms with Crippen LogP contribution in [0.15, 0.2) is 67.3 Å². The SMILES string of the molecule is COc1cccc(C(C(c2cccnc2)c2cccnc2)N2CCCC2C(=O)NC(C)(C)C)n1. The first-order valence-electron chi connectivity index (χ1n) is 11.8. The third-order valence-corrected chi connectivity index (χ3v) is 6.11. The molecule has 178 valence electrons. The van der Waals surface area contributed by atoms with Gasteiger partial charge in [0.1, 0.15) is 0 Å². The molecular formula is C27H33N5O2. The number of amides is 1. The van der Waals surface area contributed by atoms with Crippen molar-refractivity contribution in [3.63, 3.8) is 0 Å². The third kappa shape index (κ3) is 5.42. The smallest absolute Gasteiger partial charge is 0.237 e. The van der Waals surface area contributed by atoms with Crippen LogP contribution in [0.5, 0.6) is 5.88 Å². The van der Waals surface area contributed by atoms with Gasteiger partial charge in [0.15, 0.2) is 0 Å². The number of ether oxygens (including phenoxy) is 1. The fourth-order valence-electron chi connectivity index (χ4n) is 4.77. The lowest BCUT2D eigenvalue weighted by atomic mass is 9.83. The molecule has 4 heterocycles. The van der Waals surface area contributed by atoms with Crippen LogP contribution in [-0.2, 0) is 4.79 Å². The van der Waals surface area contributed by atoms with Gasteiger partial charge in [0.25, 0.3) is 0 Å². The summed E-state index contributed by atoms with van der Waals surface area (Å²) in [5, 5.41) is 3.19. The van der Waals surface area contributed by atoms with E-state index >= 15 is 0 Å². The van der Waals surface area contributed by atoms with Crippen LogP contribution < -0.4 is 10.1 Å². The zero-order valence-corrected chi connectivity index (χ0v) is 20.3. The van der Waals surface area contributed by atoms with Gasteiger partial charge in [-0.3, -0.25) is 19.7 Å². The molecule has 1 aliphatic rings. The van der Waals surface area contributed by atoms with Gasteiger partial charge < -0.3 is 10.1 Å². The Morgan fingerprint density at radius 1 is 1.06 bits per heavy atom. The lowest BCUT2D eigenvalue weighted by Gasteiger charge is -2.38. The van der Waals surface area contributed by atoms with Gasteiger partial charge in [0, 0.05) is 42.3 Å². The Labute approximate surface area is 201 Å². The van der Waals surface area contributed by atoms with Crippen molar-refractivity contribution in [1.29, 1.82) is 0 Å². The standard InChI is InChI=1S/C27H33N5O2/c1-27(2,3)31-26(33)22-12-8-16-32(22)25(21-11-5-13-23(30-21)34-4)24(19-9-6-14-28-17-19)20-10-7-15-29-18-20/h5-7,9-11,13-15,17-18,22,24-25H,8,12,16H2,1-4H3,(H,31,33). The van der Waals surface area contributed by atoms with Crippen molar-refractivity contribution < 1.29 is 9.53 Å². The van der Waals surface area contributed by atoms with Crippen LogP contribution >= 0.6 is 0 Å². The van der Waals surface area contributed by atoms with Gasteiger partial charge in [0.2, 0.25) is 11.8 Å². The quantitative estimate of drug-likeness (QED) is 0.572. The van der Waals surface area contributed by atoms with Crippen LogP contribution in [0.4, 0.5) is 0 Å². The van der Waals surface area contributed by atoms with E-state index in [1.54, 1.807) is 19.5 Å². The lowest BCUT2D eigenvalue weighted by Crippen LogP contribution is -2.51. The summed E-state index contributed by atoms with van der Waals surface area (Å²) < 4.78 is 5.47. The molecule has 0 aromatic carbocycles. The van der Waals surface area contributed by atoms with Crippen molar-refractivity contribution in [1.82, 2.24) is 25.2 Å². The minimum Gasteiger partial charge on any atom is -0.481 e. The average molecular weight is 460 g/mol. The molecule has 3 aromatic heterocycles. The molecule has 1 N–H and O–H groups in total. The number of methoxy groups -OCH3 is 1.